The molecule has 3 aromatic rings. The van der Waals surface area contributed by atoms with E-state index < -0.39 is 41.4 Å². The van der Waals surface area contributed by atoms with Crippen LogP contribution >= 0.6 is 11.6 Å². The molecule has 0 aliphatic heterocycles. The van der Waals surface area contributed by atoms with Crippen LogP contribution in [0.3, 0.4) is 0 Å². The van der Waals surface area contributed by atoms with Gasteiger partial charge in [-0.1, -0.05) is 23.4 Å². The van der Waals surface area contributed by atoms with E-state index in [9.17, 15) is 22.0 Å². The van der Waals surface area contributed by atoms with Gasteiger partial charge in [-0.05, 0) is 17.7 Å². The highest BCUT2D eigenvalue weighted by molar-refractivity contribution is 6.21. The molecule has 1 N–H and O–H groups in total. The van der Waals surface area contributed by atoms with Gasteiger partial charge in [0.2, 0.25) is 11.8 Å². The molecule has 0 amide bonds. The van der Waals surface area contributed by atoms with Crippen molar-refractivity contribution in [1.82, 2.24) is 20.1 Å². The van der Waals surface area contributed by atoms with Crippen molar-refractivity contribution in [3.05, 3.63) is 53.9 Å². The SMILES string of the molecule is Fc1ccccc1C1(Nc2ncc(-c3noc(C(F)(F)Cl)n3)cn2)CC(F)(F)C1. The minimum Gasteiger partial charge on any atom is -0.344 e. The van der Waals surface area contributed by atoms with Gasteiger partial charge in [0.15, 0.2) is 0 Å². The van der Waals surface area contributed by atoms with Gasteiger partial charge in [-0.3, -0.25) is 0 Å². The number of alkyl halides is 5. The third-order valence-corrected chi connectivity index (χ3v) is 4.60. The standard InChI is InChI=1S/C17H11ClF5N5O/c18-17(22,23)13-26-12(28-29-13)9-5-24-14(25-6-9)27-15(7-16(20,21)8-15)10-3-1-2-4-11(10)19/h1-6H,7-8H2,(H,24,25,27). The summed E-state index contributed by atoms with van der Waals surface area (Å²) in [5, 5.41) is 2.30. The van der Waals surface area contributed by atoms with Crippen LogP contribution in [0.2, 0.25) is 0 Å². The highest BCUT2D eigenvalue weighted by Gasteiger charge is 2.58. The average Bonchev–Trinajstić information content (AvgIpc) is 3.11. The van der Waals surface area contributed by atoms with E-state index in [0.29, 0.717) is 0 Å². The number of benzene rings is 1. The van der Waals surface area contributed by atoms with Gasteiger partial charge >= 0.3 is 11.3 Å². The van der Waals surface area contributed by atoms with Crippen LogP contribution in [0, 0.1) is 5.82 Å². The number of rotatable bonds is 5. The lowest BCUT2D eigenvalue weighted by Crippen LogP contribution is -2.55. The summed E-state index contributed by atoms with van der Waals surface area (Å²) in [6, 6.07) is 5.60. The van der Waals surface area contributed by atoms with E-state index in [0.717, 1.165) is 0 Å². The minimum atomic E-state index is -3.82. The van der Waals surface area contributed by atoms with E-state index in [1.54, 1.807) is 6.07 Å². The first-order valence-electron chi connectivity index (χ1n) is 8.22. The van der Waals surface area contributed by atoms with E-state index in [4.69, 9.17) is 11.6 Å². The molecule has 4 rings (SSSR count). The summed E-state index contributed by atoms with van der Waals surface area (Å²) in [5.41, 5.74) is -1.17. The van der Waals surface area contributed by atoms with Crippen molar-refractivity contribution in [2.45, 2.75) is 29.7 Å². The maximum atomic E-state index is 14.2. The molecule has 1 saturated carbocycles. The molecular formula is C17H11ClF5N5O. The van der Waals surface area contributed by atoms with Gasteiger partial charge in [-0.25, -0.2) is 23.1 Å². The lowest BCUT2D eigenvalue weighted by atomic mass is 9.69. The fourth-order valence-electron chi connectivity index (χ4n) is 3.20. The number of hydrogen-bond donors (Lipinski definition) is 1. The third kappa shape index (κ3) is 3.74. The number of halogens is 6. The molecule has 1 fully saturated rings. The molecule has 152 valence electrons. The Morgan fingerprint density at radius 2 is 1.76 bits per heavy atom. The van der Waals surface area contributed by atoms with Crippen LogP contribution in [0.1, 0.15) is 24.3 Å². The highest BCUT2D eigenvalue weighted by atomic mass is 35.5. The quantitative estimate of drug-likeness (QED) is 0.466. The van der Waals surface area contributed by atoms with Crippen molar-refractivity contribution in [2.75, 3.05) is 5.32 Å². The maximum absolute atomic E-state index is 14.2. The van der Waals surface area contributed by atoms with Gasteiger partial charge in [0.05, 0.1) is 11.1 Å². The molecule has 1 aliphatic rings. The van der Waals surface area contributed by atoms with Gasteiger partial charge in [0, 0.05) is 30.8 Å². The highest BCUT2D eigenvalue weighted by Crippen LogP contribution is 2.53. The van der Waals surface area contributed by atoms with Crippen molar-refractivity contribution < 1.29 is 26.5 Å². The van der Waals surface area contributed by atoms with Crippen LogP contribution in [0.5, 0.6) is 0 Å². The normalized spacial score (nSPS) is 17.6. The zero-order chi connectivity index (χ0) is 20.9. The Bertz CT molecular complexity index is 1030. The molecule has 1 aromatic carbocycles. The summed E-state index contributed by atoms with van der Waals surface area (Å²) in [4.78, 5) is 11.4. The summed E-state index contributed by atoms with van der Waals surface area (Å²) < 4.78 is 71.8. The van der Waals surface area contributed by atoms with Crippen LogP contribution in [0.4, 0.5) is 27.9 Å². The zero-order valence-electron chi connectivity index (χ0n) is 14.3. The molecule has 0 atom stereocenters. The smallest absolute Gasteiger partial charge is 0.344 e. The predicted octanol–water partition coefficient (Wildman–Crippen LogP) is 4.69. The summed E-state index contributed by atoms with van der Waals surface area (Å²) >= 11 is 4.81. The lowest BCUT2D eigenvalue weighted by Gasteiger charge is -2.48. The Morgan fingerprint density at radius 1 is 1.10 bits per heavy atom. The second-order valence-electron chi connectivity index (χ2n) is 6.61. The van der Waals surface area contributed by atoms with Crippen LogP contribution < -0.4 is 5.32 Å². The molecule has 29 heavy (non-hydrogen) atoms. The zero-order valence-corrected chi connectivity index (χ0v) is 15.1. The Hall–Kier alpha value is -2.82. The van der Waals surface area contributed by atoms with E-state index in [1.807, 2.05) is 0 Å². The summed E-state index contributed by atoms with van der Waals surface area (Å²) in [6.45, 7) is 0. The van der Waals surface area contributed by atoms with E-state index in [2.05, 4.69) is 29.9 Å². The Kier molecular flexibility index (Phi) is 4.45. The maximum Gasteiger partial charge on any atom is 0.400 e. The third-order valence-electron chi connectivity index (χ3n) is 4.44. The van der Waals surface area contributed by atoms with Crippen molar-refractivity contribution in [3.8, 4) is 11.4 Å². The van der Waals surface area contributed by atoms with E-state index in [-0.39, 0.29) is 22.9 Å². The molecule has 0 spiro atoms. The molecule has 2 aromatic heterocycles. The number of nitrogens with one attached hydrogen (secondary N) is 1. The van der Waals surface area contributed by atoms with Gasteiger partial charge in [-0.15, -0.1) is 0 Å². The van der Waals surface area contributed by atoms with E-state index in [1.165, 1.54) is 30.6 Å². The van der Waals surface area contributed by atoms with Gasteiger partial charge in [-0.2, -0.15) is 13.8 Å². The molecule has 0 bridgehead atoms. The van der Waals surface area contributed by atoms with Gasteiger partial charge < -0.3 is 9.84 Å². The largest absolute Gasteiger partial charge is 0.400 e. The van der Waals surface area contributed by atoms with Crippen LogP contribution in [-0.2, 0) is 10.9 Å². The Morgan fingerprint density at radius 3 is 2.31 bits per heavy atom. The van der Waals surface area contributed by atoms with E-state index >= 15 is 0 Å². The lowest BCUT2D eigenvalue weighted by molar-refractivity contribution is -0.118. The molecule has 12 heteroatoms. The summed E-state index contributed by atoms with van der Waals surface area (Å²) in [6.07, 6.45) is 1.10. The number of hydrogen-bond acceptors (Lipinski definition) is 6. The first-order chi connectivity index (χ1) is 13.6. The molecule has 2 heterocycles. The second-order valence-corrected chi connectivity index (χ2v) is 7.09. The first-order valence-corrected chi connectivity index (χ1v) is 8.60. The fraction of sp³-hybridized carbons (Fsp3) is 0.294. The van der Waals surface area contributed by atoms with Crippen molar-refractivity contribution in [1.29, 1.82) is 0 Å². The molecule has 6 nitrogen and oxygen atoms in total. The van der Waals surface area contributed by atoms with Crippen LogP contribution in [0.25, 0.3) is 11.4 Å². The predicted molar refractivity (Wildman–Crippen MR) is 91.0 cm³/mol. The molecular weight excluding hydrogens is 421 g/mol. The fourth-order valence-corrected chi connectivity index (χ4v) is 3.28. The number of aromatic nitrogens is 4. The molecule has 1 aliphatic carbocycles. The van der Waals surface area contributed by atoms with Gasteiger partial charge in [0.1, 0.15) is 5.82 Å². The van der Waals surface area contributed by atoms with Crippen molar-refractivity contribution in [3.63, 3.8) is 0 Å². The first kappa shape index (κ1) is 19.5. The van der Waals surface area contributed by atoms with Crippen molar-refractivity contribution >= 4 is 17.5 Å². The number of anilines is 1. The average molecular weight is 432 g/mol. The number of nitrogens with zero attached hydrogens (tertiary/aromatic N) is 4. The topological polar surface area (TPSA) is 76.7 Å². The monoisotopic (exact) mass is 431 g/mol. The summed E-state index contributed by atoms with van der Waals surface area (Å²) in [5.74, 6) is -4.96. The van der Waals surface area contributed by atoms with Gasteiger partial charge in [0.25, 0.3) is 5.92 Å². The molecule has 0 radical (unpaired) electrons. The van der Waals surface area contributed by atoms with Crippen molar-refractivity contribution in [2.24, 2.45) is 0 Å². The van der Waals surface area contributed by atoms with Crippen LogP contribution in [-0.4, -0.2) is 26.0 Å². The van der Waals surface area contributed by atoms with Crippen LogP contribution in [0.15, 0.2) is 41.2 Å². The Balaban J connectivity index is 1.59. The Labute approximate surface area is 165 Å². The minimum absolute atomic E-state index is 0.0566. The summed E-state index contributed by atoms with van der Waals surface area (Å²) in [7, 11) is 0. The molecule has 0 unspecified atom stereocenters. The second kappa shape index (κ2) is 6.61. The molecule has 0 saturated heterocycles.